The number of nitrogens with one attached hydrogen (secondary N) is 1. The molecule has 1 unspecified atom stereocenters. The summed E-state index contributed by atoms with van der Waals surface area (Å²) in [5, 5.41) is 3.38. The van der Waals surface area contributed by atoms with Crippen molar-refractivity contribution in [3.63, 3.8) is 0 Å². The topological polar surface area (TPSA) is 50.8 Å². The van der Waals surface area contributed by atoms with E-state index in [1.54, 1.807) is 0 Å². The number of amides is 1. The van der Waals surface area contributed by atoms with E-state index < -0.39 is 5.54 Å². The van der Waals surface area contributed by atoms with E-state index in [1.165, 1.54) is 0 Å². The maximum atomic E-state index is 12.8. The smallest absolute Gasteiger partial charge is 0.242 e. The predicted molar refractivity (Wildman–Crippen MR) is 79.8 cm³/mol. The molecule has 0 radical (unpaired) electrons. The van der Waals surface area contributed by atoms with Gasteiger partial charge in [0.25, 0.3) is 0 Å². The van der Waals surface area contributed by atoms with Crippen LogP contribution in [0.5, 0.6) is 0 Å². The highest BCUT2D eigenvalue weighted by Crippen LogP contribution is 2.21. The van der Waals surface area contributed by atoms with Gasteiger partial charge in [0.15, 0.2) is 0 Å². The molecule has 1 N–H and O–H groups in total. The summed E-state index contributed by atoms with van der Waals surface area (Å²) in [5.41, 5.74) is -0.420. The number of nitrogens with zero attached hydrogens (tertiary/aromatic N) is 1. The molecule has 1 amide bonds. The van der Waals surface area contributed by atoms with Gasteiger partial charge in [0.2, 0.25) is 5.91 Å². The van der Waals surface area contributed by atoms with Crippen molar-refractivity contribution < 1.29 is 14.3 Å². The van der Waals surface area contributed by atoms with Crippen LogP contribution in [0.15, 0.2) is 0 Å². The molecule has 0 bridgehead atoms. The van der Waals surface area contributed by atoms with E-state index in [0.29, 0.717) is 39.5 Å². The summed E-state index contributed by atoms with van der Waals surface area (Å²) in [6.45, 7) is 10.7. The van der Waals surface area contributed by atoms with Gasteiger partial charge in [0, 0.05) is 26.3 Å². The minimum absolute atomic E-state index is 0.177. The molecule has 20 heavy (non-hydrogen) atoms. The Kier molecular flexibility index (Phi) is 8.11. The Hall–Kier alpha value is -0.650. The van der Waals surface area contributed by atoms with Crippen LogP contribution >= 0.6 is 0 Å². The fraction of sp³-hybridized carbons (Fsp3) is 0.933. The quantitative estimate of drug-likeness (QED) is 0.651. The third kappa shape index (κ3) is 5.38. The minimum atomic E-state index is -0.420. The Morgan fingerprint density at radius 3 is 2.20 bits per heavy atom. The monoisotopic (exact) mass is 286 g/mol. The molecule has 1 rings (SSSR count). The lowest BCUT2D eigenvalue weighted by molar-refractivity contribution is -0.140. The van der Waals surface area contributed by atoms with Gasteiger partial charge in [-0.2, -0.15) is 0 Å². The maximum absolute atomic E-state index is 12.8. The lowest BCUT2D eigenvalue weighted by Crippen LogP contribution is -2.58. The second-order valence-corrected chi connectivity index (χ2v) is 5.40. The van der Waals surface area contributed by atoms with Gasteiger partial charge in [0.05, 0.1) is 18.8 Å². The van der Waals surface area contributed by atoms with Gasteiger partial charge in [-0.25, -0.2) is 0 Å². The molecule has 0 spiro atoms. The second-order valence-electron chi connectivity index (χ2n) is 5.40. The standard InChI is InChI=1S/C15H30N2O3/c1-4-19-12-10-17(11-13-20-5-2)14(18)15(3)8-6-7-9-16-15/h16H,4-13H2,1-3H3. The zero-order chi connectivity index (χ0) is 14.8. The SMILES string of the molecule is CCOCCN(CCOCC)C(=O)C1(C)CCCCN1. The Morgan fingerprint density at radius 2 is 1.75 bits per heavy atom. The number of carbonyl (C=O) groups is 1. The van der Waals surface area contributed by atoms with Gasteiger partial charge in [-0.15, -0.1) is 0 Å². The van der Waals surface area contributed by atoms with Crippen molar-refractivity contribution in [2.75, 3.05) is 46.1 Å². The highest BCUT2D eigenvalue weighted by molar-refractivity contribution is 5.86. The van der Waals surface area contributed by atoms with Crippen molar-refractivity contribution in [3.8, 4) is 0 Å². The third-order valence-electron chi connectivity index (χ3n) is 3.80. The lowest BCUT2D eigenvalue weighted by atomic mass is 9.89. The van der Waals surface area contributed by atoms with Crippen LogP contribution in [0.25, 0.3) is 0 Å². The molecule has 118 valence electrons. The zero-order valence-electron chi connectivity index (χ0n) is 13.2. The number of piperidine rings is 1. The number of carbonyl (C=O) groups excluding carboxylic acids is 1. The molecule has 5 nitrogen and oxygen atoms in total. The van der Waals surface area contributed by atoms with E-state index in [9.17, 15) is 4.79 Å². The molecule has 0 aromatic rings. The average Bonchev–Trinajstić information content (AvgIpc) is 2.46. The molecular formula is C15H30N2O3. The van der Waals surface area contributed by atoms with Crippen molar-refractivity contribution in [1.82, 2.24) is 10.2 Å². The van der Waals surface area contributed by atoms with Crippen LogP contribution in [0.3, 0.4) is 0 Å². The summed E-state index contributed by atoms with van der Waals surface area (Å²) < 4.78 is 10.8. The minimum Gasteiger partial charge on any atom is -0.380 e. The summed E-state index contributed by atoms with van der Waals surface area (Å²) in [5.74, 6) is 0.177. The highest BCUT2D eigenvalue weighted by Gasteiger charge is 2.37. The van der Waals surface area contributed by atoms with Gasteiger partial charge >= 0.3 is 0 Å². The molecule has 1 atom stereocenters. The largest absolute Gasteiger partial charge is 0.380 e. The van der Waals surface area contributed by atoms with Crippen LogP contribution in [-0.4, -0.2) is 62.4 Å². The molecular weight excluding hydrogens is 256 g/mol. The van der Waals surface area contributed by atoms with E-state index in [2.05, 4.69) is 5.32 Å². The van der Waals surface area contributed by atoms with Crippen molar-refractivity contribution in [2.24, 2.45) is 0 Å². The summed E-state index contributed by atoms with van der Waals surface area (Å²) in [6.07, 6.45) is 3.17. The number of ether oxygens (including phenoxy) is 2. The molecule has 0 aliphatic carbocycles. The molecule has 0 saturated carbocycles. The Labute approximate surface area is 123 Å². The summed E-state index contributed by atoms with van der Waals surface area (Å²) >= 11 is 0. The van der Waals surface area contributed by atoms with E-state index in [-0.39, 0.29) is 5.91 Å². The molecule has 1 fully saturated rings. The first kappa shape index (κ1) is 17.4. The zero-order valence-corrected chi connectivity index (χ0v) is 13.2. The first-order valence-electron chi connectivity index (χ1n) is 7.84. The highest BCUT2D eigenvalue weighted by atomic mass is 16.5. The molecule has 0 aromatic carbocycles. The number of hydrogen-bond donors (Lipinski definition) is 1. The van der Waals surface area contributed by atoms with Crippen molar-refractivity contribution in [1.29, 1.82) is 0 Å². The Bertz CT molecular complexity index is 268. The van der Waals surface area contributed by atoms with E-state index >= 15 is 0 Å². The fourth-order valence-corrected chi connectivity index (χ4v) is 2.54. The van der Waals surface area contributed by atoms with Crippen molar-refractivity contribution >= 4 is 5.91 Å². The second kappa shape index (κ2) is 9.32. The van der Waals surface area contributed by atoms with Crippen LogP contribution < -0.4 is 5.32 Å². The van der Waals surface area contributed by atoms with Gasteiger partial charge in [-0.1, -0.05) is 0 Å². The molecule has 0 aromatic heterocycles. The average molecular weight is 286 g/mol. The Morgan fingerprint density at radius 1 is 1.15 bits per heavy atom. The predicted octanol–water partition coefficient (Wildman–Crippen LogP) is 1.42. The van der Waals surface area contributed by atoms with Crippen LogP contribution in [0.1, 0.15) is 40.0 Å². The molecule has 1 aliphatic heterocycles. The van der Waals surface area contributed by atoms with Gasteiger partial charge in [-0.05, 0) is 46.6 Å². The molecule has 1 aliphatic rings. The van der Waals surface area contributed by atoms with Crippen LogP contribution in [-0.2, 0) is 14.3 Å². The van der Waals surface area contributed by atoms with Gasteiger partial charge in [0.1, 0.15) is 0 Å². The maximum Gasteiger partial charge on any atom is 0.242 e. The summed E-state index contributed by atoms with van der Waals surface area (Å²) in [7, 11) is 0. The van der Waals surface area contributed by atoms with Crippen LogP contribution in [0.2, 0.25) is 0 Å². The van der Waals surface area contributed by atoms with E-state index in [0.717, 1.165) is 25.8 Å². The number of hydrogen-bond acceptors (Lipinski definition) is 4. The first-order chi connectivity index (χ1) is 9.64. The van der Waals surface area contributed by atoms with Gasteiger partial charge < -0.3 is 19.7 Å². The number of rotatable bonds is 9. The Balaban J connectivity index is 2.56. The summed E-state index contributed by atoms with van der Waals surface area (Å²) in [6, 6.07) is 0. The fourth-order valence-electron chi connectivity index (χ4n) is 2.54. The summed E-state index contributed by atoms with van der Waals surface area (Å²) in [4.78, 5) is 14.6. The van der Waals surface area contributed by atoms with Gasteiger partial charge in [-0.3, -0.25) is 4.79 Å². The lowest BCUT2D eigenvalue weighted by Gasteiger charge is -2.38. The molecule has 1 saturated heterocycles. The normalized spacial score (nSPS) is 22.8. The van der Waals surface area contributed by atoms with Crippen molar-refractivity contribution in [3.05, 3.63) is 0 Å². The van der Waals surface area contributed by atoms with E-state index in [1.807, 2.05) is 25.7 Å². The third-order valence-corrected chi connectivity index (χ3v) is 3.80. The molecule has 5 heteroatoms. The van der Waals surface area contributed by atoms with E-state index in [4.69, 9.17) is 9.47 Å². The molecule has 1 heterocycles. The van der Waals surface area contributed by atoms with Crippen LogP contribution in [0.4, 0.5) is 0 Å². The van der Waals surface area contributed by atoms with Crippen molar-refractivity contribution in [2.45, 2.75) is 45.6 Å². The first-order valence-corrected chi connectivity index (χ1v) is 7.84. The van der Waals surface area contributed by atoms with Crippen LogP contribution in [0, 0.1) is 0 Å².